The number of aliphatic hydroxyl groups excluding tert-OH is 1. The number of hydrazine groups is 1. The second-order valence-corrected chi connectivity index (χ2v) is 5.14. The molecule has 0 radical (unpaired) electrons. The molecular weight excluding hydrogens is 268 g/mol. The van der Waals surface area contributed by atoms with Gasteiger partial charge in [0.05, 0.1) is 6.10 Å². The van der Waals surface area contributed by atoms with Crippen LogP contribution in [-0.2, 0) is 0 Å². The summed E-state index contributed by atoms with van der Waals surface area (Å²) in [6.07, 6.45) is 1.00. The van der Waals surface area contributed by atoms with E-state index in [4.69, 9.17) is 5.84 Å². The second-order valence-electron chi connectivity index (χ2n) is 5.14. The maximum atomic E-state index is 13.5. The molecule has 1 aliphatic rings. The molecular formula is C13H17F2N3O2. The summed E-state index contributed by atoms with van der Waals surface area (Å²) >= 11 is 0. The van der Waals surface area contributed by atoms with Crippen LogP contribution in [0.5, 0.6) is 0 Å². The molecule has 0 heterocycles. The van der Waals surface area contributed by atoms with Gasteiger partial charge in [0, 0.05) is 19.2 Å². The Balaban J connectivity index is 2.08. The van der Waals surface area contributed by atoms with Gasteiger partial charge in [-0.15, -0.1) is 0 Å². The van der Waals surface area contributed by atoms with Crippen LogP contribution in [0.15, 0.2) is 12.1 Å². The third kappa shape index (κ3) is 2.88. The maximum absolute atomic E-state index is 13.5. The molecule has 0 aliphatic heterocycles. The minimum atomic E-state index is -0.914. The molecule has 20 heavy (non-hydrogen) atoms. The van der Waals surface area contributed by atoms with Crippen molar-refractivity contribution in [2.45, 2.75) is 18.9 Å². The number of nitrogens with one attached hydrogen (secondary N) is 1. The van der Waals surface area contributed by atoms with Crippen LogP contribution in [0.2, 0.25) is 0 Å². The van der Waals surface area contributed by atoms with E-state index in [1.54, 1.807) is 7.05 Å². The quantitative estimate of drug-likeness (QED) is 0.571. The van der Waals surface area contributed by atoms with Gasteiger partial charge in [-0.1, -0.05) is 0 Å². The summed E-state index contributed by atoms with van der Waals surface area (Å²) < 4.78 is 27.1. The zero-order chi connectivity index (χ0) is 14.9. The normalized spacial score (nSPS) is 21.2. The Bertz CT molecular complexity index is 495. The number of hydrogen-bond donors (Lipinski definition) is 3. The van der Waals surface area contributed by atoms with Gasteiger partial charge in [0.15, 0.2) is 11.6 Å². The zero-order valence-electron chi connectivity index (χ0n) is 11.1. The molecule has 1 amide bonds. The number of nitrogen functional groups attached to an aromatic ring is 1. The second kappa shape index (κ2) is 5.72. The number of benzene rings is 1. The van der Waals surface area contributed by atoms with Crippen molar-refractivity contribution in [2.75, 3.05) is 19.0 Å². The van der Waals surface area contributed by atoms with E-state index in [0.717, 1.165) is 12.1 Å². The Morgan fingerprint density at radius 2 is 2.00 bits per heavy atom. The molecule has 1 fully saturated rings. The molecule has 7 heteroatoms. The Morgan fingerprint density at radius 3 is 2.45 bits per heavy atom. The summed E-state index contributed by atoms with van der Waals surface area (Å²) in [4.78, 5) is 13.5. The van der Waals surface area contributed by atoms with Gasteiger partial charge in [-0.25, -0.2) is 8.78 Å². The highest BCUT2D eigenvalue weighted by molar-refractivity contribution is 5.94. The Labute approximate surface area is 115 Å². The van der Waals surface area contributed by atoms with Gasteiger partial charge in [-0.05, 0) is 30.9 Å². The van der Waals surface area contributed by atoms with Crippen molar-refractivity contribution >= 4 is 11.6 Å². The van der Waals surface area contributed by atoms with Crippen LogP contribution in [0, 0.1) is 17.6 Å². The van der Waals surface area contributed by atoms with Gasteiger partial charge >= 0.3 is 0 Å². The summed E-state index contributed by atoms with van der Waals surface area (Å²) in [5.74, 6) is 2.94. The van der Waals surface area contributed by atoms with E-state index in [1.807, 2.05) is 5.43 Å². The molecule has 5 nitrogen and oxygen atoms in total. The minimum absolute atomic E-state index is 0.0682. The first-order valence-electron chi connectivity index (χ1n) is 6.31. The Morgan fingerprint density at radius 1 is 1.45 bits per heavy atom. The molecule has 0 spiro atoms. The van der Waals surface area contributed by atoms with E-state index >= 15 is 0 Å². The number of anilines is 1. The number of nitrogens with two attached hydrogens (primary N) is 1. The first-order valence-corrected chi connectivity index (χ1v) is 6.31. The molecule has 110 valence electrons. The number of amides is 1. The molecule has 1 aliphatic carbocycles. The van der Waals surface area contributed by atoms with E-state index in [0.29, 0.717) is 19.4 Å². The lowest BCUT2D eigenvalue weighted by molar-refractivity contribution is 0.0265. The summed E-state index contributed by atoms with van der Waals surface area (Å²) in [6.45, 7) is 0.454. The van der Waals surface area contributed by atoms with Crippen LogP contribution in [0.4, 0.5) is 14.5 Å². The van der Waals surface area contributed by atoms with Crippen molar-refractivity contribution in [3.63, 3.8) is 0 Å². The molecule has 0 atom stereocenters. The molecule has 1 saturated carbocycles. The van der Waals surface area contributed by atoms with Crippen LogP contribution in [-0.4, -0.2) is 35.6 Å². The molecule has 1 aromatic rings. The molecule has 0 saturated heterocycles. The maximum Gasteiger partial charge on any atom is 0.253 e. The Kier molecular flexibility index (Phi) is 4.20. The average Bonchev–Trinajstić information content (AvgIpc) is 2.35. The van der Waals surface area contributed by atoms with Gasteiger partial charge < -0.3 is 15.4 Å². The van der Waals surface area contributed by atoms with E-state index in [9.17, 15) is 18.7 Å². The SMILES string of the molecule is CN(CC1CC(O)C1)C(=O)c1cc(F)c(NN)c(F)c1. The average molecular weight is 285 g/mol. The fourth-order valence-corrected chi connectivity index (χ4v) is 2.37. The van der Waals surface area contributed by atoms with E-state index in [1.165, 1.54) is 4.90 Å². The van der Waals surface area contributed by atoms with Crippen molar-refractivity contribution in [3.8, 4) is 0 Å². The van der Waals surface area contributed by atoms with Gasteiger partial charge in [0.2, 0.25) is 0 Å². The lowest BCUT2D eigenvalue weighted by Crippen LogP contribution is -2.39. The monoisotopic (exact) mass is 285 g/mol. The highest BCUT2D eigenvalue weighted by atomic mass is 19.1. The van der Waals surface area contributed by atoms with Gasteiger partial charge in [0.1, 0.15) is 5.69 Å². The topological polar surface area (TPSA) is 78.6 Å². The van der Waals surface area contributed by atoms with Crippen LogP contribution in [0.25, 0.3) is 0 Å². The third-order valence-corrected chi connectivity index (χ3v) is 3.52. The first-order chi connectivity index (χ1) is 9.42. The lowest BCUT2D eigenvalue weighted by atomic mass is 9.82. The highest BCUT2D eigenvalue weighted by Crippen LogP contribution is 2.28. The fraction of sp³-hybridized carbons (Fsp3) is 0.462. The number of nitrogens with zero attached hydrogens (tertiary/aromatic N) is 1. The molecule has 0 unspecified atom stereocenters. The predicted octanol–water partition coefficient (Wildman–Crippen LogP) is 1.09. The predicted molar refractivity (Wildman–Crippen MR) is 69.9 cm³/mol. The van der Waals surface area contributed by atoms with Crippen molar-refractivity contribution in [2.24, 2.45) is 11.8 Å². The summed E-state index contributed by atoms with van der Waals surface area (Å²) in [5, 5.41) is 9.20. The molecule has 1 aromatic carbocycles. The van der Waals surface area contributed by atoms with Gasteiger partial charge in [-0.3, -0.25) is 10.6 Å². The molecule has 4 N–H and O–H groups in total. The number of carbonyl (C=O) groups is 1. The van der Waals surface area contributed by atoms with E-state index in [-0.39, 0.29) is 17.6 Å². The third-order valence-electron chi connectivity index (χ3n) is 3.52. The van der Waals surface area contributed by atoms with Crippen LogP contribution in [0.1, 0.15) is 23.2 Å². The van der Waals surface area contributed by atoms with Crippen molar-refractivity contribution in [1.82, 2.24) is 4.90 Å². The standard InChI is InChI=1S/C13H17F2N3O2/c1-18(6-7-2-9(19)3-7)13(20)8-4-10(14)12(17-16)11(15)5-8/h4-5,7,9,17,19H,2-3,6,16H2,1H3. The largest absolute Gasteiger partial charge is 0.393 e. The summed E-state index contributed by atoms with van der Waals surface area (Å²) in [7, 11) is 1.57. The minimum Gasteiger partial charge on any atom is -0.393 e. The van der Waals surface area contributed by atoms with Gasteiger partial charge in [0.25, 0.3) is 5.91 Å². The summed E-state index contributed by atoms with van der Waals surface area (Å²) in [6, 6.07) is 1.90. The van der Waals surface area contributed by atoms with Crippen molar-refractivity contribution < 1.29 is 18.7 Å². The smallest absolute Gasteiger partial charge is 0.253 e. The summed E-state index contributed by atoms with van der Waals surface area (Å²) in [5.41, 5.74) is 1.38. The first kappa shape index (κ1) is 14.7. The van der Waals surface area contributed by atoms with Crippen molar-refractivity contribution in [1.29, 1.82) is 0 Å². The zero-order valence-corrected chi connectivity index (χ0v) is 11.1. The molecule has 2 rings (SSSR count). The number of hydrogen-bond acceptors (Lipinski definition) is 4. The number of carbonyl (C=O) groups excluding carboxylic acids is 1. The molecule has 0 bridgehead atoms. The lowest BCUT2D eigenvalue weighted by Gasteiger charge is -2.34. The molecule has 0 aromatic heterocycles. The van der Waals surface area contributed by atoms with Gasteiger partial charge in [-0.2, -0.15) is 0 Å². The van der Waals surface area contributed by atoms with E-state index < -0.39 is 23.2 Å². The Hall–Kier alpha value is -1.73. The van der Waals surface area contributed by atoms with E-state index in [2.05, 4.69) is 0 Å². The fourth-order valence-electron chi connectivity index (χ4n) is 2.37. The number of rotatable bonds is 4. The van der Waals surface area contributed by atoms with Crippen molar-refractivity contribution in [3.05, 3.63) is 29.3 Å². The van der Waals surface area contributed by atoms with Crippen LogP contribution >= 0.6 is 0 Å². The number of aliphatic hydroxyl groups is 1. The highest BCUT2D eigenvalue weighted by Gasteiger charge is 2.29. The van der Waals surface area contributed by atoms with Crippen LogP contribution in [0.3, 0.4) is 0 Å². The van der Waals surface area contributed by atoms with Crippen LogP contribution < -0.4 is 11.3 Å². The number of halogens is 2.